The summed E-state index contributed by atoms with van der Waals surface area (Å²) in [5.41, 5.74) is 1.13. The van der Waals surface area contributed by atoms with Gasteiger partial charge in [0.05, 0.1) is 11.7 Å². The summed E-state index contributed by atoms with van der Waals surface area (Å²) in [5.74, 6) is 0.498. The number of nitrogens with one attached hydrogen (secondary N) is 1. The van der Waals surface area contributed by atoms with E-state index in [9.17, 15) is 14.7 Å². The molecule has 1 aromatic rings. The number of morpholine rings is 1. The third-order valence-corrected chi connectivity index (χ3v) is 5.64. The fraction of sp³-hybridized carbons (Fsp3) is 0.636. The number of aliphatic hydroxyl groups is 1. The van der Waals surface area contributed by atoms with Crippen LogP contribution in [0.2, 0.25) is 0 Å². The quantitative estimate of drug-likeness (QED) is 0.777. The van der Waals surface area contributed by atoms with E-state index in [-0.39, 0.29) is 17.8 Å². The van der Waals surface area contributed by atoms with Crippen LogP contribution in [-0.4, -0.2) is 71.8 Å². The minimum absolute atomic E-state index is 0.000535. The number of hydrogen-bond donors (Lipinski definition) is 2. The zero-order valence-electron chi connectivity index (χ0n) is 17.7. The van der Waals surface area contributed by atoms with Gasteiger partial charge in [0.1, 0.15) is 18.0 Å². The minimum atomic E-state index is -1.04. The number of piperidine rings is 1. The van der Waals surface area contributed by atoms with Crippen LogP contribution in [-0.2, 0) is 9.53 Å². The van der Waals surface area contributed by atoms with E-state index in [0.29, 0.717) is 44.6 Å². The van der Waals surface area contributed by atoms with Crippen molar-refractivity contribution in [3.05, 3.63) is 29.3 Å². The standard InChI is InChI=1S/C22H32N2O5/c1-14(2)28-18-6-5-17(11-15(18)3)21(27)24-9-7-22(8-10-24)13-23-12-19(29-22)20(26)16(4)25/h5-6,11,14,16,19,23,25H,7-10,12-13H2,1-4H3. The molecule has 160 valence electrons. The summed E-state index contributed by atoms with van der Waals surface area (Å²) < 4.78 is 11.9. The Hall–Kier alpha value is -1.96. The van der Waals surface area contributed by atoms with Crippen LogP contribution in [0.5, 0.6) is 5.75 Å². The SMILES string of the molecule is Cc1cc(C(=O)N2CCC3(CC2)CNCC(C(=O)C(C)O)O3)ccc1OC(C)C. The van der Waals surface area contributed by atoms with Crippen LogP contribution in [0.15, 0.2) is 18.2 Å². The van der Waals surface area contributed by atoms with Crippen molar-refractivity contribution in [1.82, 2.24) is 10.2 Å². The normalized spacial score (nSPS) is 22.6. The molecule has 1 aromatic carbocycles. The van der Waals surface area contributed by atoms with E-state index >= 15 is 0 Å². The lowest BCUT2D eigenvalue weighted by Crippen LogP contribution is -2.61. The van der Waals surface area contributed by atoms with Gasteiger partial charge >= 0.3 is 0 Å². The van der Waals surface area contributed by atoms with Crippen molar-refractivity contribution in [2.24, 2.45) is 0 Å². The first-order chi connectivity index (χ1) is 13.7. The number of aliphatic hydroxyl groups excluding tert-OH is 1. The highest BCUT2D eigenvalue weighted by atomic mass is 16.5. The second-order valence-electron chi connectivity index (χ2n) is 8.44. The first-order valence-corrected chi connectivity index (χ1v) is 10.4. The highest BCUT2D eigenvalue weighted by Gasteiger charge is 2.43. The number of rotatable bonds is 5. The first kappa shape index (κ1) is 21.7. The maximum atomic E-state index is 13.0. The van der Waals surface area contributed by atoms with Gasteiger partial charge in [-0.05, 0) is 64.3 Å². The monoisotopic (exact) mass is 404 g/mol. The molecule has 2 saturated heterocycles. The van der Waals surface area contributed by atoms with Crippen molar-refractivity contribution in [1.29, 1.82) is 0 Å². The Labute approximate surface area is 172 Å². The molecule has 2 N–H and O–H groups in total. The van der Waals surface area contributed by atoms with Crippen molar-refractivity contribution in [3.8, 4) is 5.75 Å². The summed E-state index contributed by atoms with van der Waals surface area (Å²) in [6.07, 6.45) is -0.278. The molecule has 2 aliphatic rings. The fourth-order valence-corrected chi connectivity index (χ4v) is 4.01. The molecule has 0 bridgehead atoms. The van der Waals surface area contributed by atoms with Gasteiger partial charge in [0, 0.05) is 31.7 Å². The van der Waals surface area contributed by atoms with Crippen LogP contribution in [0.1, 0.15) is 49.5 Å². The average Bonchev–Trinajstić information content (AvgIpc) is 2.68. The van der Waals surface area contributed by atoms with Crippen molar-refractivity contribution in [2.75, 3.05) is 26.2 Å². The van der Waals surface area contributed by atoms with Crippen LogP contribution in [0.4, 0.5) is 0 Å². The van der Waals surface area contributed by atoms with Gasteiger partial charge in [-0.2, -0.15) is 0 Å². The van der Waals surface area contributed by atoms with E-state index in [1.807, 2.05) is 43.9 Å². The number of Topliss-reactive ketones (excluding diaryl/α,β-unsaturated/α-hetero) is 1. The van der Waals surface area contributed by atoms with Crippen LogP contribution < -0.4 is 10.1 Å². The molecule has 7 heteroatoms. The van der Waals surface area contributed by atoms with E-state index in [2.05, 4.69) is 5.32 Å². The van der Waals surface area contributed by atoms with Gasteiger partial charge in [-0.25, -0.2) is 0 Å². The van der Waals surface area contributed by atoms with E-state index in [1.54, 1.807) is 0 Å². The number of carbonyl (C=O) groups excluding carboxylic acids is 2. The van der Waals surface area contributed by atoms with Gasteiger partial charge in [-0.1, -0.05) is 0 Å². The molecule has 0 saturated carbocycles. The Bertz CT molecular complexity index is 754. The van der Waals surface area contributed by atoms with Crippen molar-refractivity contribution in [2.45, 2.75) is 64.4 Å². The number of likely N-dealkylation sites (tertiary alicyclic amines) is 1. The summed E-state index contributed by atoms with van der Waals surface area (Å²) in [6.45, 7) is 9.57. The number of ether oxygens (including phenoxy) is 2. The second-order valence-corrected chi connectivity index (χ2v) is 8.44. The van der Waals surface area contributed by atoms with Crippen molar-refractivity contribution < 1.29 is 24.2 Å². The number of aryl methyl sites for hydroxylation is 1. The molecular formula is C22H32N2O5. The average molecular weight is 405 g/mol. The molecule has 2 unspecified atom stereocenters. The number of ketones is 1. The maximum absolute atomic E-state index is 13.0. The lowest BCUT2D eigenvalue weighted by molar-refractivity contribution is -0.167. The molecule has 0 aromatic heterocycles. The number of carbonyl (C=O) groups is 2. The van der Waals surface area contributed by atoms with E-state index in [0.717, 1.165) is 11.3 Å². The van der Waals surface area contributed by atoms with E-state index in [4.69, 9.17) is 9.47 Å². The molecule has 2 heterocycles. The lowest BCUT2D eigenvalue weighted by Gasteiger charge is -2.46. The highest BCUT2D eigenvalue weighted by molar-refractivity contribution is 5.94. The van der Waals surface area contributed by atoms with Crippen LogP contribution in [0.25, 0.3) is 0 Å². The van der Waals surface area contributed by atoms with Gasteiger partial charge in [0.15, 0.2) is 5.78 Å². The molecule has 2 aliphatic heterocycles. The smallest absolute Gasteiger partial charge is 0.253 e. The maximum Gasteiger partial charge on any atom is 0.253 e. The number of hydrogen-bond acceptors (Lipinski definition) is 6. The minimum Gasteiger partial charge on any atom is -0.491 e. The Morgan fingerprint density at radius 2 is 1.97 bits per heavy atom. The van der Waals surface area contributed by atoms with Gasteiger partial charge in [0.25, 0.3) is 5.91 Å². The van der Waals surface area contributed by atoms with Crippen molar-refractivity contribution in [3.63, 3.8) is 0 Å². The zero-order chi connectivity index (χ0) is 21.2. The molecule has 1 spiro atoms. The number of benzene rings is 1. The van der Waals surface area contributed by atoms with E-state index < -0.39 is 17.8 Å². The highest BCUT2D eigenvalue weighted by Crippen LogP contribution is 2.31. The summed E-state index contributed by atoms with van der Waals surface area (Å²) in [7, 11) is 0. The second kappa shape index (κ2) is 8.81. The molecule has 7 nitrogen and oxygen atoms in total. The van der Waals surface area contributed by atoms with Crippen molar-refractivity contribution >= 4 is 11.7 Å². The topological polar surface area (TPSA) is 88.1 Å². The Kier molecular flexibility index (Phi) is 6.61. The molecular weight excluding hydrogens is 372 g/mol. The third kappa shape index (κ3) is 4.97. The van der Waals surface area contributed by atoms with Gasteiger partial charge < -0.3 is 24.8 Å². The van der Waals surface area contributed by atoms with Gasteiger partial charge in [0.2, 0.25) is 0 Å². The summed E-state index contributed by atoms with van der Waals surface area (Å²) in [6, 6.07) is 5.54. The molecule has 0 aliphatic carbocycles. The summed E-state index contributed by atoms with van der Waals surface area (Å²) >= 11 is 0. The summed E-state index contributed by atoms with van der Waals surface area (Å²) in [4.78, 5) is 26.9. The lowest BCUT2D eigenvalue weighted by atomic mass is 9.88. The van der Waals surface area contributed by atoms with Crippen LogP contribution in [0.3, 0.4) is 0 Å². The fourth-order valence-electron chi connectivity index (χ4n) is 4.01. The predicted octanol–water partition coefficient (Wildman–Crippen LogP) is 1.70. The van der Waals surface area contributed by atoms with Crippen LogP contribution in [0, 0.1) is 6.92 Å². The van der Waals surface area contributed by atoms with E-state index in [1.165, 1.54) is 6.92 Å². The Morgan fingerprint density at radius 3 is 2.55 bits per heavy atom. The molecule has 29 heavy (non-hydrogen) atoms. The first-order valence-electron chi connectivity index (χ1n) is 10.4. The molecule has 0 radical (unpaired) electrons. The summed E-state index contributed by atoms with van der Waals surface area (Å²) in [5, 5.41) is 12.8. The van der Waals surface area contributed by atoms with Crippen LogP contribution >= 0.6 is 0 Å². The third-order valence-electron chi connectivity index (χ3n) is 5.64. The largest absolute Gasteiger partial charge is 0.491 e. The predicted molar refractivity (Wildman–Crippen MR) is 109 cm³/mol. The molecule has 2 fully saturated rings. The number of amides is 1. The zero-order valence-corrected chi connectivity index (χ0v) is 17.7. The Morgan fingerprint density at radius 1 is 1.28 bits per heavy atom. The molecule has 1 amide bonds. The molecule has 3 rings (SSSR count). The number of nitrogens with zero attached hydrogens (tertiary/aromatic N) is 1. The molecule has 2 atom stereocenters. The Balaban J connectivity index is 1.62. The van der Waals surface area contributed by atoms with Gasteiger partial charge in [-0.15, -0.1) is 0 Å². The van der Waals surface area contributed by atoms with Gasteiger partial charge in [-0.3, -0.25) is 9.59 Å².